The second kappa shape index (κ2) is 9.52. The summed E-state index contributed by atoms with van der Waals surface area (Å²) in [5, 5.41) is 28.2. The fourth-order valence-corrected chi connectivity index (χ4v) is 3.03. The zero-order valence-electron chi connectivity index (χ0n) is 16.9. The van der Waals surface area contributed by atoms with Crippen molar-refractivity contribution in [1.82, 2.24) is 4.57 Å². The summed E-state index contributed by atoms with van der Waals surface area (Å²) in [6.07, 6.45) is 0.526. The summed E-state index contributed by atoms with van der Waals surface area (Å²) in [6.45, 7) is 4.26. The summed E-state index contributed by atoms with van der Waals surface area (Å²) >= 11 is 0. The van der Waals surface area contributed by atoms with Gasteiger partial charge < -0.3 is 9.84 Å². The van der Waals surface area contributed by atoms with Gasteiger partial charge in [0, 0.05) is 12.1 Å². The molecule has 0 aliphatic rings. The summed E-state index contributed by atoms with van der Waals surface area (Å²) < 4.78 is 6.57. The second-order valence-electron chi connectivity index (χ2n) is 6.60. The number of nitrogens with zero attached hydrogens (tertiary/aromatic N) is 4. The molecule has 0 fully saturated rings. The Morgan fingerprint density at radius 3 is 2.43 bits per heavy atom. The standard InChI is InChI=1S/C23H22N4O3/c1-3-30-19-11-9-18(10-12-19)25-26-21-16(2)20(15-24)22(28)27(23(21)29)14-13-17-7-5-4-6-8-17/h4-12,28H,3,13-14H2,1-2H3. The SMILES string of the molecule is CCOc1ccc(N=Nc2c(C)c(C#N)c(O)n(CCc3ccccc3)c2=O)cc1. The lowest BCUT2D eigenvalue weighted by molar-refractivity contribution is 0.340. The summed E-state index contributed by atoms with van der Waals surface area (Å²) in [5.41, 5.74) is 1.41. The van der Waals surface area contributed by atoms with Gasteiger partial charge in [0.1, 0.15) is 17.4 Å². The third-order valence-corrected chi connectivity index (χ3v) is 4.65. The van der Waals surface area contributed by atoms with Crippen molar-refractivity contribution < 1.29 is 9.84 Å². The first-order valence-corrected chi connectivity index (χ1v) is 9.60. The molecule has 0 bridgehead atoms. The van der Waals surface area contributed by atoms with E-state index in [0.717, 1.165) is 5.56 Å². The Morgan fingerprint density at radius 2 is 1.80 bits per heavy atom. The van der Waals surface area contributed by atoms with Gasteiger partial charge in [0.05, 0.1) is 12.3 Å². The molecule has 0 amide bonds. The van der Waals surface area contributed by atoms with E-state index in [1.165, 1.54) is 4.57 Å². The van der Waals surface area contributed by atoms with Crippen LogP contribution in [-0.4, -0.2) is 16.3 Å². The molecule has 7 heteroatoms. The highest BCUT2D eigenvalue weighted by atomic mass is 16.5. The summed E-state index contributed by atoms with van der Waals surface area (Å²) in [5.74, 6) is 0.364. The van der Waals surface area contributed by atoms with Crippen molar-refractivity contribution in [2.45, 2.75) is 26.8 Å². The average molecular weight is 402 g/mol. The van der Waals surface area contributed by atoms with Crippen molar-refractivity contribution in [2.75, 3.05) is 6.61 Å². The third kappa shape index (κ3) is 4.55. The Balaban J connectivity index is 1.95. The molecule has 1 N–H and O–H groups in total. The molecule has 3 rings (SSSR count). The lowest BCUT2D eigenvalue weighted by Gasteiger charge is -2.13. The summed E-state index contributed by atoms with van der Waals surface area (Å²) in [6, 6.07) is 18.5. The fraction of sp³-hybridized carbons (Fsp3) is 0.217. The molecule has 1 heterocycles. The number of pyridine rings is 1. The van der Waals surface area contributed by atoms with Crippen molar-refractivity contribution in [3.63, 3.8) is 0 Å². The molecule has 0 spiro atoms. The quantitative estimate of drug-likeness (QED) is 0.574. The van der Waals surface area contributed by atoms with Crippen LogP contribution in [0, 0.1) is 18.3 Å². The van der Waals surface area contributed by atoms with Crippen LogP contribution in [0.15, 0.2) is 69.6 Å². The van der Waals surface area contributed by atoms with E-state index < -0.39 is 5.56 Å². The Kier molecular flexibility index (Phi) is 6.60. The lowest BCUT2D eigenvalue weighted by Crippen LogP contribution is -2.22. The van der Waals surface area contributed by atoms with Gasteiger partial charge >= 0.3 is 0 Å². The number of hydrogen-bond acceptors (Lipinski definition) is 6. The van der Waals surface area contributed by atoms with Crippen LogP contribution < -0.4 is 10.3 Å². The number of aromatic nitrogens is 1. The molecular weight excluding hydrogens is 380 g/mol. The van der Waals surface area contributed by atoms with Gasteiger partial charge in [-0.3, -0.25) is 9.36 Å². The monoisotopic (exact) mass is 402 g/mol. The normalized spacial score (nSPS) is 10.8. The number of aromatic hydroxyl groups is 1. The van der Waals surface area contributed by atoms with Gasteiger partial charge in [0.2, 0.25) is 5.88 Å². The van der Waals surface area contributed by atoms with Gasteiger partial charge in [-0.25, -0.2) is 0 Å². The van der Waals surface area contributed by atoms with Crippen molar-refractivity contribution >= 4 is 11.4 Å². The predicted molar refractivity (Wildman–Crippen MR) is 114 cm³/mol. The van der Waals surface area contributed by atoms with Gasteiger partial charge in [-0.15, -0.1) is 5.11 Å². The molecule has 0 saturated carbocycles. The van der Waals surface area contributed by atoms with E-state index in [2.05, 4.69) is 10.2 Å². The van der Waals surface area contributed by atoms with Gasteiger partial charge in [-0.2, -0.15) is 10.4 Å². The van der Waals surface area contributed by atoms with Crippen LogP contribution in [0.2, 0.25) is 0 Å². The van der Waals surface area contributed by atoms with Crippen LogP contribution in [-0.2, 0) is 13.0 Å². The molecule has 7 nitrogen and oxygen atoms in total. The molecule has 30 heavy (non-hydrogen) atoms. The highest BCUT2D eigenvalue weighted by molar-refractivity contribution is 5.56. The lowest BCUT2D eigenvalue weighted by atomic mass is 10.1. The van der Waals surface area contributed by atoms with Crippen LogP contribution in [0.1, 0.15) is 23.6 Å². The Hall–Kier alpha value is -3.92. The minimum Gasteiger partial charge on any atom is -0.494 e. The molecule has 2 aromatic carbocycles. The van der Waals surface area contributed by atoms with Crippen molar-refractivity contribution in [3.8, 4) is 17.7 Å². The highest BCUT2D eigenvalue weighted by Gasteiger charge is 2.19. The van der Waals surface area contributed by atoms with Crippen LogP contribution in [0.25, 0.3) is 0 Å². The molecule has 3 aromatic rings. The Morgan fingerprint density at radius 1 is 1.10 bits per heavy atom. The predicted octanol–water partition coefficient (Wildman–Crippen LogP) is 4.79. The topological polar surface area (TPSA) is 100.0 Å². The number of hydrogen-bond donors (Lipinski definition) is 1. The maximum absolute atomic E-state index is 13.0. The molecule has 0 aliphatic heterocycles. The van der Waals surface area contributed by atoms with E-state index in [9.17, 15) is 15.2 Å². The molecule has 152 valence electrons. The van der Waals surface area contributed by atoms with Gasteiger partial charge in [-0.05, 0) is 50.1 Å². The first kappa shape index (κ1) is 20.8. The molecule has 0 atom stereocenters. The molecule has 1 aromatic heterocycles. The van der Waals surface area contributed by atoms with Crippen LogP contribution in [0.5, 0.6) is 11.6 Å². The van der Waals surface area contributed by atoms with E-state index in [0.29, 0.717) is 30.0 Å². The molecular formula is C23H22N4O3. The van der Waals surface area contributed by atoms with Crippen molar-refractivity contribution in [2.24, 2.45) is 10.2 Å². The number of benzene rings is 2. The summed E-state index contributed by atoms with van der Waals surface area (Å²) in [7, 11) is 0. The maximum Gasteiger partial charge on any atom is 0.281 e. The van der Waals surface area contributed by atoms with Gasteiger partial charge in [0.25, 0.3) is 5.56 Å². The Bertz CT molecular complexity index is 1140. The zero-order chi connectivity index (χ0) is 21.5. The minimum atomic E-state index is -0.491. The molecule has 0 saturated heterocycles. The number of aryl methyl sites for hydroxylation is 1. The largest absolute Gasteiger partial charge is 0.494 e. The Labute approximate surface area is 174 Å². The molecule has 0 radical (unpaired) electrons. The van der Waals surface area contributed by atoms with E-state index in [1.807, 2.05) is 43.3 Å². The molecule has 0 aliphatic carbocycles. The van der Waals surface area contributed by atoms with Crippen LogP contribution in [0.4, 0.5) is 11.4 Å². The summed E-state index contributed by atoms with van der Waals surface area (Å²) in [4.78, 5) is 13.0. The van der Waals surface area contributed by atoms with E-state index in [1.54, 1.807) is 31.2 Å². The number of rotatable bonds is 7. The van der Waals surface area contributed by atoms with Crippen LogP contribution in [0.3, 0.4) is 0 Å². The minimum absolute atomic E-state index is 0.0169. The first-order chi connectivity index (χ1) is 14.5. The van der Waals surface area contributed by atoms with Crippen LogP contribution >= 0.6 is 0 Å². The molecule has 0 unspecified atom stereocenters. The smallest absolute Gasteiger partial charge is 0.281 e. The first-order valence-electron chi connectivity index (χ1n) is 9.60. The fourth-order valence-electron chi connectivity index (χ4n) is 3.03. The zero-order valence-corrected chi connectivity index (χ0v) is 16.9. The van der Waals surface area contributed by atoms with Crippen molar-refractivity contribution in [3.05, 3.63) is 81.6 Å². The van der Waals surface area contributed by atoms with Gasteiger partial charge in [-0.1, -0.05) is 30.3 Å². The van der Waals surface area contributed by atoms with Crippen molar-refractivity contribution in [1.29, 1.82) is 5.26 Å². The number of nitriles is 1. The highest BCUT2D eigenvalue weighted by Crippen LogP contribution is 2.27. The number of ether oxygens (including phenoxy) is 1. The number of azo groups is 1. The van der Waals surface area contributed by atoms with E-state index in [4.69, 9.17) is 4.74 Å². The third-order valence-electron chi connectivity index (χ3n) is 4.65. The second-order valence-corrected chi connectivity index (χ2v) is 6.60. The van der Waals surface area contributed by atoms with Gasteiger partial charge in [0.15, 0.2) is 5.69 Å². The van der Waals surface area contributed by atoms with E-state index in [-0.39, 0.29) is 23.7 Å². The maximum atomic E-state index is 13.0. The van der Waals surface area contributed by atoms with E-state index >= 15 is 0 Å². The average Bonchev–Trinajstić information content (AvgIpc) is 2.76.